The standard InChI is InChI=1S/C22H24ClFN2O3/c1-2-29-22(28)19-13-18(7-8-20(19)23)25-21(27)16-9-11-26(12-10-16)14-15-3-5-17(24)6-4-15/h3-8,13,16H,2,9-12,14H2,1H3,(H,25,27). The molecule has 5 nitrogen and oxygen atoms in total. The van der Waals surface area contributed by atoms with Crippen LogP contribution in [-0.4, -0.2) is 36.5 Å². The van der Waals surface area contributed by atoms with E-state index in [-0.39, 0.29) is 34.8 Å². The molecule has 0 aromatic heterocycles. The van der Waals surface area contributed by atoms with Crippen molar-refractivity contribution in [2.24, 2.45) is 5.92 Å². The zero-order chi connectivity index (χ0) is 20.8. The second-order valence-electron chi connectivity index (χ2n) is 7.08. The third-order valence-corrected chi connectivity index (χ3v) is 5.34. The quantitative estimate of drug-likeness (QED) is 0.701. The van der Waals surface area contributed by atoms with Crippen molar-refractivity contribution in [3.63, 3.8) is 0 Å². The molecule has 3 rings (SSSR count). The highest BCUT2D eigenvalue weighted by Crippen LogP contribution is 2.24. The maximum atomic E-state index is 13.0. The predicted molar refractivity (Wildman–Crippen MR) is 110 cm³/mol. The number of anilines is 1. The van der Waals surface area contributed by atoms with E-state index in [0.29, 0.717) is 5.69 Å². The molecular weight excluding hydrogens is 395 g/mol. The molecule has 2 aromatic carbocycles. The molecule has 0 bridgehead atoms. The molecule has 0 aliphatic carbocycles. The lowest BCUT2D eigenvalue weighted by Gasteiger charge is -2.31. The van der Waals surface area contributed by atoms with E-state index in [1.54, 1.807) is 37.3 Å². The zero-order valence-corrected chi connectivity index (χ0v) is 17.0. The zero-order valence-electron chi connectivity index (χ0n) is 16.3. The Kier molecular flexibility index (Phi) is 7.23. The number of halogens is 2. The van der Waals surface area contributed by atoms with Gasteiger partial charge in [-0.3, -0.25) is 9.69 Å². The van der Waals surface area contributed by atoms with E-state index in [1.807, 2.05) is 0 Å². The summed E-state index contributed by atoms with van der Waals surface area (Å²) >= 11 is 6.06. The lowest BCUT2D eigenvalue weighted by atomic mass is 9.95. The highest BCUT2D eigenvalue weighted by Gasteiger charge is 2.25. The number of carbonyl (C=O) groups is 2. The minimum atomic E-state index is -0.511. The van der Waals surface area contributed by atoms with Crippen LogP contribution in [0.15, 0.2) is 42.5 Å². The SMILES string of the molecule is CCOC(=O)c1cc(NC(=O)C2CCN(Cc3ccc(F)cc3)CC2)ccc1Cl. The van der Waals surface area contributed by atoms with Gasteiger partial charge in [0.15, 0.2) is 0 Å². The molecule has 0 atom stereocenters. The summed E-state index contributed by atoms with van der Waals surface area (Å²) in [6, 6.07) is 11.3. The van der Waals surface area contributed by atoms with Crippen LogP contribution < -0.4 is 5.32 Å². The van der Waals surface area contributed by atoms with E-state index in [0.717, 1.165) is 38.0 Å². The molecule has 7 heteroatoms. The van der Waals surface area contributed by atoms with Crippen molar-refractivity contribution in [3.8, 4) is 0 Å². The number of piperidine rings is 1. The summed E-state index contributed by atoms with van der Waals surface area (Å²) in [5.74, 6) is -0.912. The first-order valence-electron chi connectivity index (χ1n) is 9.70. The molecule has 0 spiro atoms. The number of rotatable bonds is 6. The molecule has 1 saturated heterocycles. The summed E-state index contributed by atoms with van der Waals surface area (Å²) in [5, 5.41) is 3.17. The second kappa shape index (κ2) is 9.85. The Hall–Kier alpha value is -2.44. The monoisotopic (exact) mass is 418 g/mol. The minimum absolute atomic E-state index is 0.0661. The van der Waals surface area contributed by atoms with Gasteiger partial charge >= 0.3 is 5.97 Å². The number of hydrogen-bond acceptors (Lipinski definition) is 4. The fourth-order valence-corrected chi connectivity index (χ4v) is 3.61. The van der Waals surface area contributed by atoms with Crippen LogP contribution in [0.5, 0.6) is 0 Å². The molecule has 1 N–H and O–H groups in total. The average Bonchev–Trinajstić information content (AvgIpc) is 2.72. The summed E-state index contributed by atoms with van der Waals surface area (Å²) < 4.78 is 18.0. The topological polar surface area (TPSA) is 58.6 Å². The molecule has 2 aromatic rings. The highest BCUT2D eigenvalue weighted by atomic mass is 35.5. The second-order valence-corrected chi connectivity index (χ2v) is 7.49. The number of amides is 1. The maximum Gasteiger partial charge on any atom is 0.339 e. The minimum Gasteiger partial charge on any atom is -0.462 e. The van der Waals surface area contributed by atoms with Crippen molar-refractivity contribution in [2.45, 2.75) is 26.3 Å². The van der Waals surface area contributed by atoms with Crippen molar-refractivity contribution >= 4 is 29.2 Å². The number of likely N-dealkylation sites (tertiary alicyclic amines) is 1. The fraction of sp³-hybridized carbons (Fsp3) is 0.364. The van der Waals surface area contributed by atoms with Crippen molar-refractivity contribution in [1.29, 1.82) is 0 Å². The van der Waals surface area contributed by atoms with Gasteiger partial charge in [-0.25, -0.2) is 9.18 Å². The van der Waals surface area contributed by atoms with Crippen LogP contribution in [0.4, 0.5) is 10.1 Å². The van der Waals surface area contributed by atoms with Crippen LogP contribution in [0.25, 0.3) is 0 Å². The first-order valence-corrected chi connectivity index (χ1v) is 10.1. The van der Waals surface area contributed by atoms with Crippen LogP contribution >= 0.6 is 11.6 Å². The molecule has 1 heterocycles. The predicted octanol–water partition coefficient (Wildman–Crippen LogP) is 4.51. The van der Waals surface area contributed by atoms with E-state index >= 15 is 0 Å². The van der Waals surface area contributed by atoms with Crippen molar-refractivity contribution in [2.75, 3.05) is 25.0 Å². The van der Waals surface area contributed by atoms with Gasteiger partial charge in [0, 0.05) is 18.2 Å². The lowest BCUT2D eigenvalue weighted by Crippen LogP contribution is -2.37. The summed E-state index contributed by atoms with van der Waals surface area (Å²) in [6.07, 6.45) is 1.48. The number of hydrogen-bond donors (Lipinski definition) is 1. The van der Waals surface area contributed by atoms with E-state index in [2.05, 4.69) is 10.2 Å². The van der Waals surface area contributed by atoms with Gasteiger partial charge in [-0.2, -0.15) is 0 Å². The summed E-state index contributed by atoms with van der Waals surface area (Å²) in [7, 11) is 0. The molecule has 0 saturated carbocycles. The maximum absolute atomic E-state index is 13.0. The van der Waals surface area contributed by atoms with Gasteiger partial charge in [-0.05, 0) is 68.8 Å². The molecule has 0 unspecified atom stereocenters. The van der Waals surface area contributed by atoms with Gasteiger partial charge in [0.25, 0.3) is 0 Å². The van der Waals surface area contributed by atoms with Gasteiger partial charge in [0.05, 0.1) is 17.2 Å². The number of esters is 1. The van der Waals surface area contributed by atoms with E-state index in [9.17, 15) is 14.0 Å². The fourth-order valence-electron chi connectivity index (χ4n) is 3.41. The number of benzene rings is 2. The van der Waals surface area contributed by atoms with Crippen LogP contribution in [0.2, 0.25) is 5.02 Å². The third-order valence-electron chi connectivity index (χ3n) is 5.01. The van der Waals surface area contributed by atoms with Crippen molar-refractivity contribution < 1.29 is 18.7 Å². The van der Waals surface area contributed by atoms with E-state index in [1.165, 1.54) is 12.1 Å². The Balaban J connectivity index is 1.54. The van der Waals surface area contributed by atoms with Crippen molar-refractivity contribution in [1.82, 2.24) is 4.90 Å². The largest absolute Gasteiger partial charge is 0.462 e. The molecule has 29 heavy (non-hydrogen) atoms. The van der Waals surface area contributed by atoms with E-state index < -0.39 is 5.97 Å². The highest BCUT2D eigenvalue weighted by molar-refractivity contribution is 6.33. The van der Waals surface area contributed by atoms with Crippen molar-refractivity contribution in [3.05, 3.63) is 64.4 Å². The number of ether oxygens (including phenoxy) is 1. The smallest absolute Gasteiger partial charge is 0.339 e. The van der Waals surface area contributed by atoms with Gasteiger partial charge in [0.2, 0.25) is 5.91 Å². The lowest BCUT2D eigenvalue weighted by molar-refractivity contribution is -0.121. The van der Waals surface area contributed by atoms with Gasteiger partial charge in [0.1, 0.15) is 5.82 Å². The Bertz CT molecular complexity index is 865. The Morgan fingerprint density at radius 2 is 1.86 bits per heavy atom. The van der Waals surface area contributed by atoms with Crippen LogP contribution in [0.1, 0.15) is 35.7 Å². The molecule has 1 aliphatic rings. The Labute approximate surface area is 174 Å². The number of carbonyl (C=O) groups excluding carboxylic acids is 2. The summed E-state index contributed by atoms with van der Waals surface area (Å²) in [4.78, 5) is 26.9. The van der Waals surface area contributed by atoms with Gasteiger partial charge < -0.3 is 10.1 Å². The third kappa shape index (κ3) is 5.78. The van der Waals surface area contributed by atoms with Crippen LogP contribution in [-0.2, 0) is 16.1 Å². The molecular formula is C22H24ClFN2O3. The molecule has 154 valence electrons. The normalized spacial score (nSPS) is 15.1. The Morgan fingerprint density at radius 1 is 1.17 bits per heavy atom. The first kappa shape index (κ1) is 21.3. The van der Waals surface area contributed by atoms with Gasteiger partial charge in [-0.1, -0.05) is 23.7 Å². The Morgan fingerprint density at radius 3 is 2.52 bits per heavy atom. The molecule has 1 fully saturated rings. The number of nitrogens with one attached hydrogen (secondary N) is 1. The molecule has 0 radical (unpaired) electrons. The molecule has 1 aliphatic heterocycles. The first-order chi connectivity index (χ1) is 14.0. The summed E-state index contributed by atoms with van der Waals surface area (Å²) in [5.41, 5.74) is 1.82. The number of nitrogens with zero attached hydrogens (tertiary/aromatic N) is 1. The van der Waals surface area contributed by atoms with E-state index in [4.69, 9.17) is 16.3 Å². The average molecular weight is 419 g/mol. The molecule has 1 amide bonds. The van der Waals surface area contributed by atoms with Crippen LogP contribution in [0, 0.1) is 11.7 Å². The van der Waals surface area contributed by atoms with Gasteiger partial charge in [-0.15, -0.1) is 0 Å². The summed E-state index contributed by atoms with van der Waals surface area (Å²) in [6.45, 7) is 4.31. The van der Waals surface area contributed by atoms with Crippen LogP contribution in [0.3, 0.4) is 0 Å².